The van der Waals surface area contributed by atoms with Crippen LogP contribution in [0, 0.1) is 5.92 Å². The van der Waals surface area contributed by atoms with Gasteiger partial charge in [0.25, 0.3) is 0 Å². The summed E-state index contributed by atoms with van der Waals surface area (Å²) < 4.78 is 5.21. The molecule has 0 radical (unpaired) electrons. The topological polar surface area (TPSA) is 49.7 Å². The largest absolute Gasteiger partial charge is 0.508 e. The van der Waals surface area contributed by atoms with Crippen LogP contribution in [0.15, 0.2) is 24.3 Å². The molecule has 1 aliphatic rings. The molecule has 0 aromatic heterocycles. The normalized spacial score (nSPS) is 23.6. The fraction of sp³-hybridized carbons (Fsp3) is 0.455. The molecule has 2 rings (SSSR count). The van der Waals surface area contributed by atoms with Crippen molar-refractivity contribution in [2.24, 2.45) is 5.92 Å². The highest BCUT2D eigenvalue weighted by atomic mass is 16.5. The van der Waals surface area contributed by atoms with Crippen molar-refractivity contribution in [1.29, 1.82) is 0 Å². The maximum absolute atomic E-state index is 9.95. The number of phenolic OH excluding ortho intramolecular Hbond substituents is 1. The fourth-order valence-corrected chi connectivity index (χ4v) is 1.75. The predicted octanol–water partition coefficient (Wildman–Crippen LogP) is 1.46. The van der Waals surface area contributed by atoms with Crippen LogP contribution < -0.4 is 0 Å². The Morgan fingerprint density at radius 1 is 1.29 bits per heavy atom. The maximum atomic E-state index is 9.95. The van der Waals surface area contributed by atoms with E-state index in [0.717, 1.165) is 18.6 Å². The van der Waals surface area contributed by atoms with Crippen LogP contribution in [0.2, 0.25) is 0 Å². The van der Waals surface area contributed by atoms with Crippen LogP contribution in [-0.4, -0.2) is 23.4 Å². The number of aliphatic hydroxyl groups excluding tert-OH is 1. The van der Waals surface area contributed by atoms with E-state index in [4.69, 9.17) is 9.84 Å². The van der Waals surface area contributed by atoms with Crippen molar-refractivity contribution < 1.29 is 14.9 Å². The minimum atomic E-state index is -0.474. The van der Waals surface area contributed by atoms with Gasteiger partial charge in [0.1, 0.15) is 5.75 Å². The molecule has 3 heteroatoms. The number of phenols is 1. The minimum absolute atomic E-state index is 0.194. The molecule has 3 nitrogen and oxygen atoms in total. The number of hydrogen-bond acceptors (Lipinski definition) is 3. The van der Waals surface area contributed by atoms with E-state index >= 15 is 0 Å². The van der Waals surface area contributed by atoms with E-state index < -0.39 is 6.10 Å². The first-order chi connectivity index (χ1) is 6.77. The monoisotopic (exact) mass is 194 g/mol. The highest BCUT2D eigenvalue weighted by molar-refractivity contribution is 5.27. The molecule has 2 N–H and O–H groups in total. The molecular weight excluding hydrogens is 180 g/mol. The van der Waals surface area contributed by atoms with Crippen LogP contribution in [0.3, 0.4) is 0 Å². The van der Waals surface area contributed by atoms with Gasteiger partial charge in [0.15, 0.2) is 0 Å². The summed E-state index contributed by atoms with van der Waals surface area (Å²) in [5.41, 5.74) is 0.846. The lowest BCUT2D eigenvalue weighted by Gasteiger charge is -2.16. The second kappa shape index (κ2) is 3.98. The maximum Gasteiger partial charge on any atom is 0.115 e. The Morgan fingerprint density at radius 2 is 2.00 bits per heavy atom. The first kappa shape index (κ1) is 9.49. The molecule has 1 saturated heterocycles. The summed E-state index contributed by atoms with van der Waals surface area (Å²) in [7, 11) is 0. The van der Waals surface area contributed by atoms with Crippen molar-refractivity contribution in [3.8, 4) is 5.75 Å². The highest BCUT2D eigenvalue weighted by Gasteiger charge is 2.24. The van der Waals surface area contributed by atoms with Gasteiger partial charge in [-0.1, -0.05) is 12.1 Å². The first-order valence-electron chi connectivity index (χ1n) is 4.82. The SMILES string of the molecule is Oc1ccc(C(O)C2CCOC2)cc1. The third-order valence-corrected chi connectivity index (χ3v) is 2.65. The van der Waals surface area contributed by atoms with E-state index in [1.54, 1.807) is 24.3 Å². The Labute approximate surface area is 83.0 Å². The summed E-state index contributed by atoms with van der Waals surface area (Å²) >= 11 is 0. The molecule has 1 aromatic rings. The van der Waals surface area contributed by atoms with Gasteiger partial charge in [-0.25, -0.2) is 0 Å². The summed E-state index contributed by atoms with van der Waals surface area (Å²) in [5, 5.41) is 19.0. The summed E-state index contributed by atoms with van der Waals surface area (Å²) in [4.78, 5) is 0. The lowest BCUT2D eigenvalue weighted by molar-refractivity contribution is 0.0918. The Morgan fingerprint density at radius 3 is 2.57 bits per heavy atom. The third-order valence-electron chi connectivity index (χ3n) is 2.65. The quantitative estimate of drug-likeness (QED) is 0.749. The van der Waals surface area contributed by atoms with Gasteiger partial charge >= 0.3 is 0 Å². The second-order valence-corrected chi connectivity index (χ2v) is 3.66. The molecule has 0 aliphatic carbocycles. The molecule has 76 valence electrons. The summed E-state index contributed by atoms with van der Waals surface area (Å²) in [6, 6.07) is 6.68. The molecule has 14 heavy (non-hydrogen) atoms. The van der Waals surface area contributed by atoms with Gasteiger partial charge in [0, 0.05) is 12.5 Å². The van der Waals surface area contributed by atoms with E-state index in [1.807, 2.05) is 0 Å². The molecule has 0 saturated carbocycles. The second-order valence-electron chi connectivity index (χ2n) is 3.66. The molecule has 1 heterocycles. The zero-order valence-electron chi connectivity index (χ0n) is 7.89. The third kappa shape index (κ3) is 1.89. The number of rotatable bonds is 2. The van der Waals surface area contributed by atoms with E-state index in [9.17, 15) is 5.11 Å². The average molecular weight is 194 g/mol. The van der Waals surface area contributed by atoms with Crippen LogP contribution >= 0.6 is 0 Å². The van der Waals surface area contributed by atoms with E-state index in [0.29, 0.717) is 6.61 Å². The summed E-state index contributed by atoms with van der Waals surface area (Å²) in [6.07, 6.45) is 0.431. The molecule has 0 amide bonds. The molecule has 1 fully saturated rings. The van der Waals surface area contributed by atoms with Gasteiger partial charge in [0.05, 0.1) is 12.7 Å². The Hall–Kier alpha value is -1.06. The van der Waals surface area contributed by atoms with Crippen LogP contribution in [-0.2, 0) is 4.74 Å². The lowest BCUT2D eigenvalue weighted by Crippen LogP contribution is -2.12. The van der Waals surface area contributed by atoms with Crippen molar-refractivity contribution in [2.45, 2.75) is 12.5 Å². The molecule has 1 aromatic carbocycles. The van der Waals surface area contributed by atoms with Gasteiger partial charge in [-0.2, -0.15) is 0 Å². The first-order valence-corrected chi connectivity index (χ1v) is 4.82. The van der Waals surface area contributed by atoms with Crippen molar-refractivity contribution in [3.63, 3.8) is 0 Å². The number of aliphatic hydroxyl groups is 1. The minimum Gasteiger partial charge on any atom is -0.508 e. The number of aromatic hydroxyl groups is 1. The lowest BCUT2D eigenvalue weighted by atomic mass is 9.95. The van der Waals surface area contributed by atoms with Crippen molar-refractivity contribution in [1.82, 2.24) is 0 Å². The zero-order chi connectivity index (χ0) is 9.97. The molecule has 0 bridgehead atoms. The van der Waals surface area contributed by atoms with E-state index in [1.165, 1.54) is 0 Å². The van der Waals surface area contributed by atoms with Crippen LogP contribution in [0.25, 0.3) is 0 Å². The van der Waals surface area contributed by atoms with Gasteiger partial charge in [-0.15, -0.1) is 0 Å². The number of benzene rings is 1. The fourth-order valence-electron chi connectivity index (χ4n) is 1.75. The Bertz CT molecular complexity index is 288. The molecule has 1 aliphatic heterocycles. The van der Waals surface area contributed by atoms with Gasteiger partial charge in [-0.3, -0.25) is 0 Å². The molecule has 0 spiro atoms. The smallest absolute Gasteiger partial charge is 0.115 e. The Balaban J connectivity index is 2.09. The summed E-state index contributed by atoms with van der Waals surface area (Å²) in [6.45, 7) is 1.36. The number of ether oxygens (including phenoxy) is 1. The molecule has 2 unspecified atom stereocenters. The molecular formula is C11H14O3. The highest BCUT2D eigenvalue weighted by Crippen LogP contribution is 2.29. The average Bonchev–Trinajstić information content (AvgIpc) is 2.71. The van der Waals surface area contributed by atoms with Crippen molar-refractivity contribution in [3.05, 3.63) is 29.8 Å². The van der Waals surface area contributed by atoms with Gasteiger partial charge < -0.3 is 14.9 Å². The van der Waals surface area contributed by atoms with E-state index in [2.05, 4.69) is 0 Å². The predicted molar refractivity (Wildman–Crippen MR) is 52.0 cm³/mol. The van der Waals surface area contributed by atoms with Crippen molar-refractivity contribution in [2.75, 3.05) is 13.2 Å². The standard InChI is InChI=1S/C11H14O3/c12-10-3-1-8(2-4-10)11(13)9-5-6-14-7-9/h1-4,9,11-13H,5-7H2. The molecule has 2 atom stereocenters. The van der Waals surface area contributed by atoms with Crippen LogP contribution in [0.1, 0.15) is 18.1 Å². The van der Waals surface area contributed by atoms with Crippen LogP contribution in [0.5, 0.6) is 5.75 Å². The Kier molecular flexibility index (Phi) is 2.70. The number of hydrogen-bond donors (Lipinski definition) is 2. The van der Waals surface area contributed by atoms with Gasteiger partial charge in [0.2, 0.25) is 0 Å². The van der Waals surface area contributed by atoms with Crippen molar-refractivity contribution >= 4 is 0 Å². The zero-order valence-corrected chi connectivity index (χ0v) is 7.89. The van der Waals surface area contributed by atoms with Crippen LogP contribution in [0.4, 0.5) is 0 Å². The van der Waals surface area contributed by atoms with E-state index in [-0.39, 0.29) is 11.7 Å². The summed E-state index contributed by atoms with van der Waals surface area (Å²) in [5.74, 6) is 0.420. The van der Waals surface area contributed by atoms with Gasteiger partial charge in [-0.05, 0) is 24.1 Å².